The Hall–Kier alpha value is -1.40. The van der Waals surface area contributed by atoms with Gasteiger partial charge in [-0.25, -0.2) is 0 Å². The lowest BCUT2D eigenvalue weighted by molar-refractivity contribution is -0.143. The number of rotatable bonds is 57. The molecule has 0 aliphatic carbocycles. The van der Waals surface area contributed by atoms with Crippen LogP contribution in [0.4, 0.5) is 0 Å². The highest BCUT2D eigenvalue weighted by molar-refractivity contribution is 5.76. The number of carbonyl (C=O) groups is 2. The van der Waals surface area contributed by atoms with Crippen molar-refractivity contribution in [1.82, 2.24) is 5.32 Å². The summed E-state index contributed by atoms with van der Waals surface area (Å²) in [5.41, 5.74) is 0. The van der Waals surface area contributed by atoms with E-state index in [2.05, 4.69) is 31.3 Å². The van der Waals surface area contributed by atoms with E-state index in [-0.39, 0.29) is 18.5 Å². The van der Waals surface area contributed by atoms with Gasteiger partial charge in [0, 0.05) is 12.8 Å². The van der Waals surface area contributed by atoms with Crippen LogP contribution in [-0.4, -0.2) is 47.4 Å². The molecular formula is C61H119NO5. The highest BCUT2D eigenvalue weighted by atomic mass is 16.5. The SMILES string of the molecule is CCCCCC/C=C\CCCCCCCC(=O)OCCCCCCCCCCCCCCCCCCCCCC(=O)NC(CO)C(O)CCCCCCCCCCCCCCCCCCCC. The van der Waals surface area contributed by atoms with E-state index >= 15 is 0 Å². The molecule has 0 rings (SSSR count). The predicted octanol–water partition coefficient (Wildman–Crippen LogP) is 18.9. The number of esters is 1. The van der Waals surface area contributed by atoms with Crippen LogP contribution in [-0.2, 0) is 14.3 Å². The van der Waals surface area contributed by atoms with E-state index in [1.165, 1.54) is 263 Å². The number of unbranched alkanes of at least 4 members (excludes halogenated alkanes) is 44. The van der Waals surface area contributed by atoms with E-state index in [4.69, 9.17) is 4.74 Å². The van der Waals surface area contributed by atoms with Crippen LogP contribution in [0.5, 0.6) is 0 Å². The van der Waals surface area contributed by atoms with Gasteiger partial charge >= 0.3 is 5.97 Å². The van der Waals surface area contributed by atoms with Crippen LogP contribution in [0.1, 0.15) is 341 Å². The van der Waals surface area contributed by atoms with Crippen molar-refractivity contribution in [1.29, 1.82) is 0 Å². The Balaban J connectivity index is 3.40. The minimum Gasteiger partial charge on any atom is -0.466 e. The van der Waals surface area contributed by atoms with E-state index in [0.717, 1.165) is 44.9 Å². The van der Waals surface area contributed by atoms with Gasteiger partial charge in [0.15, 0.2) is 0 Å². The molecule has 0 heterocycles. The molecule has 6 nitrogen and oxygen atoms in total. The van der Waals surface area contributed by atoms with Crippen LogP contribution in [0.25, 0.3) is 0 Å². The molecule has 3 N–H and O–H groups in total. The van der Waals surface area contributed by atoms with Gasteiger partial charge in [0.25, 0.3) is 0 Å². The lowest BCUT2D eigenvalue weighted by Gasteiger charge is -2.22. The summed E-state index contributed by atoms with van der Waals surface area (Å²) < 4.78 is 5.47. The van der Waals surface area contributed by atoms with Gasteiger partial charge < -0.3 is 20.3 Å². The molecular weight excluding hydrogens is 827 g/mol. The first-order valence-electron chi connectivity index (χ1n) is 30.4. The number of amides is 1. The summed E-state index contributed by atoms with van der Waals surface area (Å²) >= 11 is 0. The summed E-state index contributed by atoms with van der Waals surface area (Å²) in [5.74, 6) is -0.0342. The standard InChI is InChI=1S/C61H119NO5/c1-3-5-7-9-11-13-15-17-18-19-23-26-30-33-37-41-45-49-53-59(64)58(57-63)62-60(65)54-50-46-42-38-34-31-27-24-21-20-22-25-28-32-36-40-44-48-52-56-67-61(66)55-51-47-43-39-35-29-16-14-12-10-8-6-4-2/h14,16,58-59,63-64H,3-13,15,17-57H2,1-2H3,(H,62,65)/b16-14-. The predicted molar refractivity (Wildman–Crippen MR) is 292 cm³/mol. The normalized spacial score (nSPS) is 12.6. The molecule has 1 amide bonds. The van der Waals surface area contributed by atoms with E-state index in [9.17, 15) is 19.8 Å². The average molecular weight is 947 g/mol. The van der Waals surface area contributed by atoms with E-state index in [1.54, 1.807) is 0 Å². The van der Waals surface area contributed by atoms with Gasteiger partial charge in [-0.3, -0.25) is 9.59 Å². The minimum atomic E-state index is -0.666. The first kappa shape index (κ1) is 65.6. The van der Waals surface area contributed by atoms with Gasteiger partial charge in [-0.2, -0.15) is 0 Å². The van der Waals surface area contributed by atoms with Crippen LogP contribution in [0.15, 0.2) is 12.2 Å². The molecule has 0 aromatic carbocycles. The lowest BCUT2D eigenvalue weighted by Crippen LogP contribution is -2.45. The molecule has 2 atom stereocenters. The Morgan fingerprint density at radius 1 is 0.403 bits per heavy atom. The highest BCUT2D eigenvalue weighted by Gasteiger charge is 2.20. The number of nitrogens with one attached hydrogen (secondary N) is 1. The first-order valence-corrected chi connectivity index (χ1v) is 30.4. The van der Waals surface area contributed by atoms with Crippen LogP contribution in [0, 0.1) is 0 Å². The first-order chi connectivity index (χ1) is 33.0. The quantitative estimate of drug-likeness (QED) is 0.0321. The summed E-state index contributed by atoms with van der Waals surface area (Å²) in [6, 6.07) is -0.543. The molecule has 6 heteroatoms. The topological polar surface area (TPSA) is 95.9 Å². The van der Waals surface area contributed by atoms with Crippen molar-refractivity contribution in [3.63, 3.8) is 0 Å². The summed E-state index contributed by atoms with van der Waals surface area (Å²) in [4.78, 5) is 24.5. The van der Waals surface area contributed by atoms with Crippen molar-refractivity contribution in [3.8, 4) is 0 Å². The molecule has 0 aliphatic heterocycles. The maximum Gasteiger partial charge on any atom is 0.305 e. The molecule has 67 heavy (non-hydrogen) atoms. The second-order valence-electron chi connectivity index (χ2n) is 21.0. The monoisotopic (exact) mass is 946 g/mol. The van der Waals surface area contributed by atoms with E-state index < -0.39 is 12.1 Å². The number of aliphatic hydroxyl groups is 2. The van der Waals surface area contributed by atoms with Crippen molar-refractivity contribution in [2.45, 2.75) is 353 Å². The summed E-state index contributed by atoms with van der Waals surface area (Å²) in [6.07, 6.45) is 67.8. The zero-order chi connectivity index (χ0) is 48.6. The Bertz CT molecular complexity index is 1000. The summed E-state index contributed by atoms with van der Waals surface area (Å²) in [7, 11) is 0. The zero-order valence-corrected chi connectivity index (χ0v) is 45.4. The maximum atomic E-state index is 12.5. The second-order valence-corrected chi connectivity index (χ2v) is 21.0. The van der Waals surface area contributed by atoms with Crippen molar-refractivity contribution in [2.24, 2.45) is 0 Å². The fourth-order valence-electron chi connectivity index (χ4n) is 9.64. The number of carbonyl (C=O) groups excluding carboxylic acids is 2. The van der Waals surface area contributed by atoms with Crippen molar-refractivity contribution in [2.75, 3.05) is 13.2 Å². The Labute approximate surface area is 419 Å². The van der Waals surface area contributed by atoms with Crippen LogP contribution < -0.4 is 5.32 Å². The van der Waals surface area contributed by atoms with Crippen molar-refractivity contribution in [3.05, 3.63) is 12.2 Å². The molecule has 2 unspecified atom stereocenters. The second kappa shape index (κ2) is 57.2. The van der Waals surface area contributed by atoms with Crippen LogP contribution in [0.3, 0.4) is 0 Å². The molecule has 0 fully saturated rings. The number of ether oxygens (including phenoxy) is 1. The lowest BCUT2D eigenvalue weighted by atomic mass is 10.0. The molecule has 0 saturated heterocycles. The van der Waals surface area contributed by atoms with Gasteiger partial charge in [-0.15, -0.1) is 0 Å². The highest BCUT2D eigenvalue weighted by Crippen LogP contribution is 2.18. The number of hydrogen-bond acceptors (Lipinski definition) is 5. The van der Waals surface area contributed by atoms with Crippen molar-refractivity contribution >= 4 is 11.9 Å². The smallest absolute Gasteiger partial charge is 0.305 e. The molecule has 0 radical (unpaired) electrons. The number of hydrogen-bond donors (Lipinski definition) is 3. The molecule has 0 aliphatic rings. The van der Waals surface area contributed by atoms with Gasteiger partial charge in [0.2, 0.25) is 5.91 Å². The Morgan fingerprint density at radius 2 is 0.701 bits per heavy atom. The third kappa shape index (κ3) is 53.8. The molecule has 0 spiro atoms. The fourth-order valence-corrected chi connectivity index (χ4v) is 9.64. The zero-order valence-electron chi connectivity index (χ0n) is 45.4. The van der Waals surface area contributed by atoms with Gasteiger partial charge in [0.05, 0.1) is 25.4 Å². The van der Waals surface area contributed by atoms with Gasteiger partial charge in [0.1, 0.15) is 0 Å². The average Bonchev–Trinajstić information content (AvgIpc) is 3.33. The number of allylic oxidation sites excluding steroid dienone is 2. The fraction of sp³-hybridized carbons (Fsp3) is 0.934. The molecule has 0 bridgehead atoms. The Morgan fingerprint density at radius 3 is 1.07 bits per heavy atom. The van der Waals surface area contributed by atoms with Crippen LogP contribution >= 0.6 is 0 Å². The summed E-state index contributed by atoms with van der Waals surface area (Å²) in [6.45, 7) is 4.95. The minimum absolute atomic E-state index is 0.000579. The summed E-state index contributed by atoms with van der Waals surface area (Å²) in [5, 5.41) is 23.3. The Kier molecular flexibility index (Phi) is 56.0. The third-order valence-corrected chi connectivity index (χ3v) is 14.3. The molecule has 0 aromatic heterocycles. The van der Waals surface area contributed by atoms with Gasteiger partial charge in [-0.05, 0) is 51.4 Å². The molecule has 0 aromatic rings. The van der Waals surface area contributed by atoms with E-state index in [1.807, 2.05) is 0 Å². The molecule has 0 saturated carbocycles. The van der Waals surface area contributed by atoms with Crippen LogP contribution in [0.2, 0.25) is 0 Å². The van der Waals surface area contributed by atoms with E-state index in [0.29, 0.717) is 25.9 Å². The third-order valence-electron chi connectivity index (χ3n) is 14.3. The molecule has 398 valence electrons. The van der Waals surface area contributed by atoms with Gasteiger partial charge in [-0.1, -0.05) is 289 Å². The maximum absolute atomic E-state index is 12.5. The number of aliphatic hydroxyl groups excluding tert-OH is 2. The largest absolute Gasteiger partial charge is 0.466 e. The van der Waals surface area contributed by atoms with Crippen molar-refractivity contribution < 1.29 is 24.5 Å².